The lowest BCUT2D eigenvalue weighted by Crippen LogP contribution is -2.26. The molecule has 0 aromatic heterocycles. The molecule has 0 unspecified atom stereocenters. The molecule has 0 spiro atoms. The van der Waals surface area contributed by atoms with Crippen LogP contribution in [0.1, 0.15) is 21.5 Å². The van der Waals surface area contributed by atoms with E-state index < -0.39 is 10.0 Å². The Morgan fingerprint density at radius 3 is 2.19 bits per heavy atom. The number of sulfonamides is 1. The number of likely N-dealkylation sites (N-methyl/N-ethyl adjacent to an activating group) is 1. The van der Waals surface area contributed by atoms with Crippen LogP contribution in [0.15, 0.2) is 77.7 Å². The normalized spacial score (nSPS) is 11.4. The van der Waals surface area contributed by atoms with Crippen molar-refractivity contribution in [3.63, 3.8) is 0 Å². The summed E-state index contributed by atoms with van der Waals surface area (Å²) in [5.41, 5.74) is 3.72. The highest BCUT2D eigenvalue weighted by Gasteiger charge is 2.22. The third kappa shape index (κ3) is 5.75. The van der Waals surface area contributed by atoms with Crippen LogP contribution < -0.4 is 9.62 Å². The number of nitrogens with one attached hydrogen (secondary N) is 1. The molecule has 3 aromatic carbocycles. The van der Waals surface area contributed by atoms with Crippen LogP contribution in [0.2, 0.25) is 0 Å². The van der Waals surface area contributed by atoms with E-state index in [1.165, 1.54) is 29.0 Å². The van der Waals surface area contributed by atoms with E-state index >= 15 is 0 Å². The van der Waals surface area contributed by atoms with Gasteiger partial charge in [0.2, 0.25) is 0 Å². The molecular weight excluding hydrogens is 422 g/mol. The summed E-state index contributed by atoms with van der Waals surface area (Å²) in [6.45, 7) is 2.89. The average molecular weight is 452 g/mol. The number of rotatable bonds is 8. The summed E-state index contributed by atoms with van der Waals surface area (Å²) in [4.78, 5) is 14.9. The van der Waals surface area contributed by atoms with Gasteiger partial charge in [0.05, 0.1) is 10.6 Å². The molecule has 0 saturated carbocycles. The molecule has 1 N–H and O–H groups in total. The Kier molecular flexibility index (Phi) is 7.33. The van der Waals surface area contributed by atoms with Crippen molar-refractivity contribution in [2.75, 3.05) is 37.3 Å². The minimum absolute atomic E-state index is 0.0623. The summed E-state index contributed by atoms with van der Waals surface area (Å²) in [5.74, 6) is -0.360. The Hall–Kier alpha value is -3.16. The van der Waals surface area contributed by atoms with Crippen LogP contribution in [-0.2, 0) is 16.4 Å². The van der Waals surface area contributed by atoms with Crippen molar-refractivity contribution in [3.8, 4) is 0 Å². The first-order chi connectivity index (χ1) is 15.2. The fraction of sp³-hybridized carbons (Fsp3) is 0.240. The quantitative estimate of drug-likeness (QED) is 0.558. The first-order valence-electron chi connectivity index (χ1n) is 10.4. The van der Waals surface area contributed by atoms with Crippen molar-refractivity contribution in [1.29, 1.82) is 0 Å². The maximum Gasteiger partial charge on any atom is 0.264 e. The monoisotopic (exact) mass is 451 g/mol. The summed E-state index contributed by atoms with van der Waals surface area (Å²) < 4.78 is 27.4. The highest BCUT2D eigenvalue weighted by Crippen LogP contribution is 2.23. The SMILES string of the molecule is Cc1ccc(N(C)S(=O)(=O)c2cccc(C(=O)Nc3ccc(CCN(C)C)cc3)c2)cc1. The van der Waals surface area contributed by atoms with Gasteiger partial charge in [-0.1, -0.05) is 35.9 Å². The second-order valence-electron chi connectivity index (χ2n) is 8.04. The van der Waals surface area contributed by atoms with E-state index in [1.54, 1.807) is 24.3 Å². The lowest BCUT2D eigenvalue weighted by molar-refractivity contribution is 0.102. The lowest BCUT2D eigenvalue weighted by Gasteiger charge is -2.20. The van der Waals surface area contributed by atoms with Gasteiger partial charge in [0, 0.05) is 24.8 Å². The smallest absolute Gasteiger partial charge is 0.264 e. The molecule has 3 aromatic rings. The Labute approximate surface area is 190 Å². The van der Waals surface area contributed by atoms with Crippen LogP contribution >= 0.6 is 0 Å². The van der Waals surface area contributed by atoms with E-state index in [-0.39, 0.29) is 16.4 Å². The largest absolute Gasteiger partial charge is 0.322 e. The highest BCUT2D eigenvalue weighted by molar-refractivity contribution is 7.92. The molecule has 7 heteroatoms. The van der Waals surface area contributed by atoms with E-state index in [4.69, 9.17) is 0 Å². The third-order valence-electron chi connectivity index (χ3n) is 5.21. The number of hydrogen-bond donors (Lipinski definition) is 1. The molecule has 0 aliphatic heterocycles. The molecule has 1 amide bonds. The fourth-order valence-corrected chi connectivity index (χ4v) is 4.40. The zero-order chi connectivity index (χ0) is 23.3. The predicted molar refractivity (Wildman–Crippen MR) is 130 cm³/mol. The van der Waals surface area contributed by atoms with Gasteiger partial charge in [-0.3, -0.25) is 9.10 Å². The molecule has 0 aliphatic carbocycles. The topological polar surface area (TPSA) is 69.7 Å². The standard InChI is InChI=1S/C25H29N3O3S/c1-19-8-14-23(15-9-19)28(4)32(30,31)24-7-5-6-21(18-24)25(29)26-22-12-10-20(11-13-22)16-17-27(2)3/h5-15,18H,16-17H2,1-4H3,(H,26,29). The number of aryl methyl sites for hydroxylation is 1. The number of amides is 1. The molecule has 0 heterocycles. The molecule has 0 fully saturated rings. The molecule has 32 heavy (non-hydrogen) atoms. The number of hydrogen-bond acceptors (Lipinski definition) is 4. The van der Waals surface area contributed by atoms with Crippen LogP contribution in [0.4, 0.5) is 11.4 Å². The van der Waals surface area contributed by atoms with E-state index in [1.807, 2.05) is 57.4 Å². The van der Waals surface area contributed by atoms with Crippen LogP contribution in [-0.4, -0.2) is 46.9 Å². The molecule has 168 valence electrons. The van der Waals surface area contributed by atoms with Crippen molar-refractivity contribution in [3.05, 3.63) is 89.5 Å². The third-order valence-corrected chi connectivity index (χ3v) is 6.99. The van der Waals surface area contributed by atoms with Crippen molar-refractivity contribution in [2.24, 2.45) is 0 Å². The maximum absolute atomic E-state index is 13.1. The van der Waals surface area contributed by atoms with Gasteiger partial charge >= 0.3 is 0 Å². The Morgan fingerprint density at radius 1 is 0.906 bits per heavy atom. The maximum atomic E-state index is 13.1. The Morgan fingerprint density at radius 2 is 1.56 bits per heavy atom. The average Bonchev–Trinajstić information content (AvgIpc) is 2.78. The first kappa shape index (κ1) is 23.5. The van der Waals surface area contributed by atoms with Gasteiger partial charge in [0.1, 0.15) is 0 Å². The summed E-state index contributed by atoms with van der Waals surface area (Å²) in [6.07, 6.45) is 0.926. The highest BCUT2D eigenvalue weighted by atomic mass is 32.2. The molecule has 0 radical (unpaired) electrons. The molecule has 0 saturated heterocycles. The number of carbonyl (C=O) groups is 1. The fourth-order valence-electron chi connectivity index (χ4n) is 3.16. The van der Waals surface area contributed by atoms with E-state index in [0.29, 0.717) is 11.4 Å². The van der Waals surface area contributed by atoms with E-state index in [2.05, 4.69) is 10.2 Å². The second-order valence-corrected chi connectivity index (χ2v) is 10.0. The number of nitrogens with zero attached hydrogens (tertiary/aromatic N) is 2. The van der Waals surface area contributed by atoms with Crippen molar-refractivity contribution < 1.29 is 13.2 Å². The molecule has 3 rings (SSSR count). The van der Waals surface area contributed by atoms with Gasteiger partial charge in [-0.05, 0) is 75.5 Å². The summed E-state index contributed by atoms with van der Waals surface area (Å²) in [5, 5.41) is 2.84. The minimum atomic E-state index is -3.80. The summed E-state index contributed by atoms with van der Waals surface area (Å²) in [7, 11) is 1.76. The lowest BCUT2D eigenvalue weighted by atomic mass is 10.1. The first-order valence-corrected chi connectivity index (χ1v) is 11.8. The molecule has 0 bridgehead atoms. The van der Waals surface area contributed by atoms with Crippen molar-refractivity contribution >= 4 is 27.3 Å². The molecule has 6 nitrogen and oxygen atoms in total. The summed E-state index contributed by atoms with van der Waals surface area (Å²) in [6, 6.07) is 21.0. The predicted octanol–water partition coefficient (Wildman–Crippen LogP) is 4.18. The second kappa shape index (κ2) is 9.97. The van der Waals surface area contributed by atoms with E-state index in [9.17, 15) is 13.2 Å². The number of benzene rings is 3. The number of carbonyl (C=O) groups excluding carboxylic acids is 1. The Bertz CT molecular complexity index is 1170. The number of anilines is 2. The van der Waals surface area contributed by atoms with Crippen molar-refractivity contribution in [1.82, 2.24) is 4.90 Å². The minimum Gasteiger partial charge on any atom is -0.322 e. The van der Waals surface area contributed by atoms with Gasteiger partial charge in [-0.15, -0.1) is 0 Å². The molecule has 0 atom stereocenters. The van der Waals surface area contributed by atoms with Gasteiger partial charge in [0.15, 0.2) is 0 Å². The zero-order valence-electron chi connectivity index (χ0n) is 18.9. The zero-order valence-corrected chi connectivity index (χ0v) is 19.7. The molecular formula is C25H29N3O3S. The van der Waals surface area contributed by atoms with Crippen molar-refractivity contribution in [2.45, 2.75) is 18.2 Å². The van der Waals surface area contributed by atoms with Gasteiger partial charge in [0.25, 0.3) is 15.9 Å². The molecule has 0 aliphatic rings. The summed E-state index contributed by atoms with van der Waals surface area (Å²) >= 11 is 0. The van der Waals surface area contributed by atoms with E-state index in [0.717, 1.165) is 18.5 Å². The Balaban J connectivity index is 1.74. The van der Waals surface area contributed by atoms with Gasteiger partial charge < -0.3 is 10.2 Å². The van der Waals surface area contributed by atoms with Crippen LogP contribution in [0.3, 0.4) is 0 Å². The van der Waals surface area contributed by atoms with Crippen LogP contribution in [0.25, 0.3) is 0 Å². The van der Waals surface area contributed by atoms with Crippen LogP contribution in [0, 0.1) is 6.92 Å². The van der Waals surface area contributed by atoms with Gasteiger partial charge in [-0.2, -0.15) is 0 Å². The van der Waals surface area contributed by atoms with Crippen LogP contribution in [0.5, 0.6) is 0 Å². The van der Waals surface area contributed by atoms with Gasteiger partial charge in [-0.25, -0.2) is 8.42 Å².